The summed E-state index contributed by atoms with van der Waals surface area (Å²) < 4.78 is 7.53. The zero-order chi connectivity index (χ0) is 23.2. The van der Waals surface area contributed by atoms with E-state index in [9.17, 15) is 9.59 Å². The predicted octanol–water partition coefficient (Wildman–Crippen LogP) is 4.60. The van der Waals surface area contributed by atoms with Gasteiger partial charge >= 0.3 is 0 Å². The Morgan fingerprint density at radius 1 is 0.788 bits per heavy atom. The van der Waals surface area contributed by atoms with Gasteiger partial charge in [0, 0.05) is 17.1 Å². The van der Waals surface area contributed by atoms with Crippen LogP contribution in [0, 0.1) is 13.8 Å². The van der Waals surface area contributed by atoms with Crippen molar-refractivity contribution in [3.8, 4) is 22.6 Å². The van der Waals surface area contributed by atoms with Crippen LogP contribution in [0.3, 0.4) is 0 Å². The maximum Gasteiger partial charge on any atom is 0.276 e. The van der Waals surface area contributed by atoms with E-state index in [1.54, 1.807) is 6.07 Å². The van der Waals surface area contributed by atoms with Crippen LogP contribution >= 0.6 is 0 Å². The third-order valence-electron chi connectivity index (χ3n) is 5.34. The first-order chi connectivity index (χ1) is 16.0. The van der Waals surface area contributed by atoms with E-state index in [0.29, 0.717) is 11.3 Å². The summed E-state index contributed by atoms with van der Waals surface area (Å²) in [6.07, 6.45) is 0. The van der Waals surface area contributed by atoms with Crippen LogP contribution in [0.5, 0.6) is 5.75 Å². The van der Waals surface area contributed by atoms with Crippen LogP contribution in [-0.2, 0) is 4.79 Å². The molecule has 0 aliphatic rings. The second-order valence-corrected chi connectivity index (χ2v) is 7.64. The van der Waals surface area contributed by atoms with E-state index in [-0.39, 0.29) is 12.5 Å². The third kappa shape index (κ3) is 5.13. The maximum atomic E-state index is 12.6. The largest absolute Gasteiger partial charge is 0.484 e. The normalized spacial score (nSPS) is 10.5. The van der Waals surface area contributed by atoms with Gasteiger partial charge < -0.3 is 9.30 Å². The summed E-state index contributed by atoms with van der Waals surface area (Å²) in [5.41, 5.74) is 10.2. The summed E-state index contributed by atoms with van der Waals surface area (Å²) in [6.45, 7) is 3.60. The van der Waals surface area contributed by atoms with E-state index < -0.39 is 5.91 Å². The molecule has 0 saturated heterocycles. The Morgan fingerprint density at radius 3 is 2.06 bits per heavy atom. The molecular weight excluding hydrogens is 414 g/mol. The number of hydrazine groups is 1. The number of hydrogen-bond acceptors (Lipinski definition) is 3. The number of ether oxygens (including phenoxy) is 1. The Labute approximate surface area is 192 Å². The Hall–Kier alpha value is -4.32. The molecule has 4 aromatic rings. The van der Waals surface area contributed by atoms with Crippen LogP contribution < -0.4 is 15.6 Å². The highest BCUT2D eigenvalue weighted by molar-refractivity contribution is 5.97. The number of carbonyl (C=O) groups is 2. The minimum absolute atomic E-state index is 0.214. The number of rotatable bonds is 6. The molecule has 0 radical (unpaired) electrons. The maximum absolute atomic E-state index is 12.6. The zero-order valence-electron chi connectivity index (χ0n) is 18.5. The van der Waals surface area contributed by atoms with Crippen LogP contribution in [0.2, 0.25) is 0 Å². The van der Waals surface area contributed by atoms with Crippen LogP contribution in [0.25, 0.3) is 16.8 Å². The highest BCUT2D eigenvalue weighted by Crippen LogP contribution is 2.22. The fourth-order valence-corrected chi connectivity index (χ4v) is 3.72. The molecule has 0 unspecified atom stereocenters. The molecule has 0 bridgehead atoms. The van der Waals surface area contributed by atoms with Gasteiger partial charge in [0.2, 0.25) is 0 Å². The second-order valence-electron chi connectivity index (χ2n) is 7.64. The van der Waals surface area contributed by atoms with Gasteiger partial charge in [-0.15, -0.1) is 0 Å². The molecule has 0 saturated carbocycles. The molecule has 0 atom stereocenters. The fraction of sp³-hybridized carbons (Fsp3) is 0.111. The average Bonchev–Trinajstić information content (AvgIpc) is 3.16. The number of aromatic nitrogens is 1. The molecule has 1 aromatic heterocycles. The molecule has 6 heteroatoms. The van der Waals surface area contributed by atoms with E-state index in [4.69, 9.17) is 4.74 Å². The highest BCUT2D eigenvalue weighted by Gasteiger charge is 2.17. The number of benzene rings is 3. The quantitative estimate of drug-likeness (QED) is 0.431. The molecule has 0 aliphatic heterocycles. The van der Waals surface area contributed by atoms with E-state index in [2.05, 4.69) is 10.9 Å². The standard InChI is InChI=1S/C27H25N3O3/c1-19-17-25(20(2)30(19)23-11-7-4-8-12-23)27(32)29-28-26(31)18-33-24-15-13-22(14-16-24)21-9-5-3-6-10-21/h3-17H,18H2,1-2H3,(H,28,31)(H,29,32). The highest BCUT2D eigenvalue weighted by atomic mass is 16.5. The van der Waals surface area contributed by atoms with Crippen LogP contribution in [0.1, 0.15) is 21.7 Å². The number of nitrogens with zero attached hydrogens (tertiary/aromatic N) is 1. The summed E-state index contributed by atoms with van der Waals surface area (Å²) in [5, 5.41) is 0. The van der Waals surface area contributed by atoms with Crippen molar-refractivity contribution in [1.82, 2.24) is 15.4 Å². The smallest absolute Gasteiger partial charge is 0.276 e. The van der Waals surface area contributed by atoms with Crippen molar-refractivity contribution in [2.45, 2.75) is 13.8 Å². The van der Waals surface area contributed by atoms with Gasteiger partial charge in [-0.25, -0.2) is 0 Å². The molecule has 0 fully saturated rings. The lowest BCUT2D eigenvalue weighted by atomic mass is 10.1. The molecule has 4 rings (SSSR count). The first-order valence-electron chi connectivity index (χ1n) is 10.6. The molecule has 0 spiro atoms. The SMILES string of the molecule is Cc1cc(C(=O)NNC(=O)COc2ccc(-c3ccccc3)cc2)c(C)n1-c1ccccc1. The Kier molecular flexibility index (Phi) is 6.55. The first kappa shape index (κ1) is 21.9. The molecule has 2 amide bonds. The second kappa shape index (κ2) is 9.87. The number of nitrogens with one attached hydrogen (secondary N) is 2. The summed E-state index contributed by atoms with van der Waals surface area (Å²) in [5.74, 6) is -0.263. The lowest BCUT2D eigenvalue weighted by Gasteiger charge is -2.11. The summed E-state index contributed by atoms with van der Waals surface area (Å²) in [4.78, 5) is 24.8. The van der Waals surface area contributed by atoms with Gasteiger partial charge in [0.05, 0.1) is 5.56 Å². The van der Waals surface area contributed by atoms with Crippen molar-refractivity contribution < 1.29 is 14.3 Å². The van der Waals surface area contributed by atoms with Gasteiger partial charge in [-0.3, -0.25) is 20.4 Å². The van der Waals surface area contributed by atoms with Gasteiger partial charge in [0.25, 0.3) is 11.8 Å². The van der Waals surface area contributed by atoms with E-state index >= 15 is 0 Å². The van der Waals surface area contributed by atoms with Crippen molar-refractivity contribution in [2.24, 2.45) is 0 Å². The number of amides is 2. The Balaban J connectivity index is 1.31. The van der Waals surface area contributed by atoms with Gasteiger partial charge in [-0.1, -0.05) is 60.7 Å². The molecule has 6 nitrogen and oxygen atoms in total. The van der Waals surface area contributed by atoms with Gasteiger partial charge in [-0.2, -0.15) is 0 Å². The monoisotopic (exact) mass is 439 g/mol. The topological polar surface area (TPSA) is 72.4 Å². The van der Waals surface area contributed by atoms with Gasteiger partial charge in [0.15, 0.2) is 6.61 Å². The fourth-order valence-electron chi connectivity index (χ4n) is 3.72. The Morgan fingerprint density at radius 2 is 1.39 bits per heavy atom. The predicted molar refractivity (Wildman–Crippen MR) is 128 cm³/mol. The third-order valence-corrected chi connectivity index (χ3v) is 5.34. The lowest BCUT2D eigenvalue weighted by Crippen LogP contribution is -2.44. The lowest BCUT2D eigenvalue weighted by molar-refractivity contribution is -0.123. The van der Waals surface area contributed by atoms with Crippen LogP contribution in [0.4, 0.5) is 0 Å². The summed E-state index contributed by atoms with van der Waals surface area (Å²) in [6, 6.07) is 29.1. The first-order valence-corrected chi connectivity index (χ1v) is 10.6. The van der Waals surface area contributed by atoms with Gasteiger partial charge in [-0.05, 0) is 55.3 Å². The number of carbonyl (C=O) groups excluding carboxylic acids is 2. The molecule has 3 aromatic carbocycles. The van der Waals surface area contributed by atoms with Crippen molar-refractivity contribution in [1.29, 1.82) is 0 Å². The average molecular weight is 440 g/mol. The van der Waals surface area contributed by atoms with Crippen molar-refractivity contribution in [3.63, 3.8) is 0 Å². The zero-order valence-corrected chi connectivity index (χ0v) is 18.5. The van der Waals surface area contributed by atoms with Crippen LogP contribution in [-0.4, -0.2) is 23.0 Å². The van der Waals surface area contributed by atoms with E-state index in [1.165, 1.54) is 0 Å². The van der Waals surface area contributed by atoms with E-state index in [0.717, 1.165) is 28.2 Å². The van der Waals surface area contributed by atoms with Crippen LogP contribution in [0.15, 0.2) is 91.0 Å². The summed E-state index contributed by atoms with van der Waals surface area (Å²) >= 11 is 0. The minimum atomic E-state index is -0.452. The molecule has 166 valence electrons. The molecular formula is C27H25N3O3. The van der Waals surface area contributed by atoms with Gasteiger partial charge in [0.1, 0.15) is 5.75 Å². The number of aryl methyl sites for hydroxylation is 1. The van der Waals surface area contributed by atoms with Crippen molar-refractivity contribution in [3.05, 3.63) is 108 Å². The minimum Gasteiger partial charge on any atom is -0.484 e. The Bertz CT molecular complexity index is 1250. The van der Waals surface area contributed by atoms with Crippen molar-refractivity contribution >= 4 is 11.8 Å². The molecule has 33 heavy (non-hydrogen) atoms. The molecule has 0 aliphatic carbocycles. The van der Waals surface area contributed by atoms with E-state index in [1.807, 2.05) is 103 Å². The summed E-state index contributed by atoms with van der Waals surface area (Å²) in [7, 11) is 0. The molecule has 1 heterocycles. The number of hydrogen-bond donors (Lipinski definition) is 2. The number of para-hydroxylation sites is 1. The van der Waals surface area contributed by atoms with Crippen molar-refractivity contribution in [2.75, 3.05) is 6.61 Å². The molecule has 2 N–H and O–H groups in total.